The number of rotatable bonds is 8. The van der Waals surface area contributed by atoms with Gasteiger partial charge in [0.2, 0.25) is 0 Å². The van der Waals surface area contributed by atoms with Crippen LogP contribution in [0.2, 0.25) is 0 Å². The van der Waals surface area contributed by atoms with Crippen LogP contribution in [0.1, 0.15) is 37.2 Å². The van der Waals surface area contributed by atoms with E-state index < -0.39 is 6.10 Å². The van der Waals surface area contributed by atoms with Crippen molar-refractivity contribution in [1.29, 1.82) is 0 Å². The van der Waals surface area contributed by atoms with E-state index in [9.17, 15) is 10.2 Å². The third-order valence-electron chi connectivity index (χ3n) is 5.09. The number of aliphatic hydroxyl groups excluding tert-OH is 2. The number of pyridine rings is 1. The molecule has 0 spiro atoms. The van der Waals surface area contributed by atoms with Crippen molar-refractivity contribution in [2.24, 2.45) is 5.92 Å². The number of benzene rings is 1. The molecule has 0 bridgehead atoms. The minimum Gasteiger partial charge on any atom is -0.394 e. The summed E-state index contributed by atoms with van der Waals surface area (Å²) in [6.07, 6.45) is 2.71. The van der Waals surface area contributed by atoms with Crippen LogP contribution in [-0.4, -0.2) is 46.2 Å². The fourth-order valence-corrected chi connectivity index (χ4v) is 3.40. The normalized spacial score (nSPS) is 12.7. The lowest BCUT2D eigenvalue weighted by Crippen LogP contribution is -2.10. The third-order valence-corrected chi connectivity index (χ3v) is 5.09. The van der Waals surface area contributed by atoms with Gasteiger partial charge in [-0.05, 0) is 30.0 Å². The first-order valence-corrected chi connectivity index (χ1v) is 10.2. The van der Waals surface area contributed by atoms with Crippen LogP contribution in [0.15, 0.2) is 48.7 Å². The molecule has 0 saturated carbocycles. The Bertz CT molecular complexity index is 1120. The molecule has 3 heterocycles. The van der Waals surface area contributed by atoms with Gasteiger partial charge in [0, 0.05) is 18.2 Å². The molecule has 156 valence electrons. The van der Waals surface area contributed by atoms with E-state index in [1.165, 1.54) is 5.56 Å². The Hall–Kier alpha value is -3.10. The standard InChI is InChI=1S/C22H26N6O2/c1-15(2)20(30)22-25-24-19-11-9-17(14-27(19)22)21-23-18(26-28(21)12-13-29)10-8-16-6-4-3-5-7-16/h3-7,9,11,14-15,20,29-30H,8,10,12-13H2,1-2H3. The van der Waals surface area contributed by atoms with E-state index in [1.807, 2.05) is 50.4 Å². The van der Waals surface area contributed by atoms with Crippen molar-refractivity contribution in [3.05, 3.63) is 65.9 Å². The first-order valence-electron chi connectivity index (χ1n) is 10.2. The Morgan fingerprint density at radius 3 is 2.53 bits per heavy atom. The molecule has 1 unspecified atom stereocenters. The summed E-state index contributed by atoms with van der Waals surface area (Å²) < 4.78 is 3.52. The summed E-state index contributed by atoms with van der Waals surface area (Å²) in [7, 11) is 0. The van der Waals surface area contributed by atoms with E-state index >= 15 is 0 Å². The van der Waals surface area contributed by atoms with Crippen LogP contribution in [0, 0.1) is 5.92 Å². The van der Waals surface area contributed by atoms with E-state index in [2.05, 4.69) is 27.4 Å². The molecule has 2 N–H and O–H groups in total. The highest BCUT2D eigenvalue weighted by Crippen LogP contribution is 2.24. The number of aromatic nitrogens is 6. The molecule has 4 rings (SSSR count). The number of hydrogen-bond donors (Lipinski definition) is 2. The lowest BCUT2D eigenvalue weighted by atomic mass is 10.1. The zero-order valence-corrected chi connectivity index (χ0v) is 17.2. The Morgan fingerprint density at radius 1 is 1.00 bits per heavy atom. The second-order valence-corrected chi connectivity index (χ2v) is 7.68. The van der Waals surface area contributed by atoms with Crippen molar-refractivity contribution < 1.29 is 10.2 Å². The van der Waals surface area contributed by atoms with Gasteiger partial charge in [-0.25, -0.2) is 9.67 Å². The molecule has 0 aliphatic carbocycles. The summed E-state index contributed by atoms with van der Waals surface area (Å²) in [5, 5.41) is 32.9. The maximum atomic E-state index is 10.5. The van der Waals surface area contributed by atoms with Gasteiger partial charge < -0.3 is 10.2 Å². The molecule has 3 aromatic heterocycles. The highest BCUT2D eigenvalue weighted by Gasteiger charge is 2.20. The van der Waals surface area contributed by atoms with Crippen molar-refractivity contribution in [3.63, 3.8) is 0 Å². The fraction of sp³-hybridized carbons (Fsp3) is 0.364. The molecule has 0 aliphatic heterocycles. The first-order chi connectivity index (χ1) is 14.6. The number of aliphatic hydroxyl groups is 2. The van der Waals surface area contributed by atoms with E-state index in [0.29, 0.717) is 30.3 Å². The summed E-state index contributed by atoms with van der Waals surface area (Å²) in [6, 6.07) is 14.0. The topological polar surface area (TPSA) is 101 Å². The summed E-state index contributed by atoms with van der Waals surface area (Å²) in [6.45, 7) is 4.20. The lowest BCUT2D eigenvalue weighted by molar-refractivity contribution is 0.116. The van der Waals surface area contributed by atoms with Gasteiger partial charge in [-0.2, -0.15) is 5.10 Å². The van der Waals surface area contributed by atoms with Crippen LogP contribution in [0.3, 0.4) is 0 Å². The largest absolute Gasteiger partial charge is 0.394 e. The molecule has 4 aromatic rings. The monoisotopic (exact) mass is 406 g/mol. The minimum absolute atomic E-state index is 0.0173. The van der Waals surface area contributed by atoms with Crippen molar-refractivity contribution >= 4 is 5.65 Å². The lowest BCUT2D eigenvalue weighted by Gasteiger charge is -2.12. The summed E-state index contributed by atoms with van der Waals surface area (Å²) in [5.41, 5.74) is 2.72. The van der Waals surface area contributed by atoms with Gasteiger partial charge in [0.05, 0.1) is 13.2 Å². The van der Waals surface area contributed by atoms with E-state index in [4.69, 9.17) is 4.98 Å². The first kappa shape index (κ1) is 20.2. The second-order valence-electron chi connectivity index (χ2n) is 7.68. The summed E-state index contributed by atoms with van der Waals surface area (Å²) in [5.74, 6) is 1.92. The van der Waals surface area contributed by atoms with Crippen molar-refractivity contribution in [2.45, 2.75) is 39.3 Å². The fourth-order valence-electron chi connectivity index (χ4n) is 3.40. The highest BCUT2D eigenvalue weighted by molar-refractivity contribution is 5.58. The number of nitrogens with zero attached hydrogens (tertiary/aromatic N) is 6. The Morgan fingerprint density at radius 2 is 1.80 bits per heavy atom. The number of fused-ring (bicyclic) bond motifs is 1. The van der Waals surface area contributed by atoms with E-state index in [0.717, 1.165) is 17.8 Å². The highest BCUT2D eigenvalue weighted by atomic mass is 16.3. The van der Waals surface area contributed by atoms with Crippen molar-refractivity contribution in [2.75, 3.05) is 6.61 Å². The van der Waals surface area contributed by atoms with Crippen LogP contribution in [0.25, 0.3) is 17.0 Å². The molecule has 1 atom stereocenters. The van der Waals surface area contributed by atoms with Crippen LogP contribution in [0.4, 0.5) is 0 Å². The predicted molar refractivity (Wildman–Crippen MR) is 113 cm³/mol. The predicted octanol–water partition coefficient (Wildman–Crippen LogP) is 2.45. The molecule has 0 radical (unpaired) electrons. The quantitative estimate of drug-likeness (QED) is 0.466. The Kier molecular flexibility index (Phi) is 5.87. The molecular formula is C22H26N6O2. The SMILES string of the molecule is CC(C)C(O)c1nnc2ccc(-c3nc(CCc4ccccc4)nn3CCO)cn12. The third kappa shape index (κ3) is 4.10. The molecule has 8 nitrogen and oxygen atoms in total. The molecule has 8 heteroatoms. The maximum absolute atomic E-state index is 10.5. The van der Waals surface area contributed by atoms with Gasteiger partial charge in [-0.15, -0.1) is 10.2 Å². The minimum atomic E-state index is -0.716. The Labute approximate surface area is 174 Å². The van der Waals surface area contributed by atoms with Crippen molar-refractivity contribution in [3.8, 4) is 11.4 Å². The van der Waals surface area contributed by atoms with Gasteiger partial charge in [0.1, 0.15) is 6.10 Å². The zero-order valence-electron chi connectivity index (χ0n) is 17.2. The molecular weight excluding hydrogens is 380 g/mol. The summed E-state index contributed by atoms with van der Waals surface area (Å²) >= 11 is 0. The molecule has 1 aromatic carbocycles. The van der Waals surface area contributed by atoms with E-state index in [-0.39, 0.29) is 12.5 Å². The molecule has 0 fully saturated rings. The van der Waals surface area contributed by atoms with Crippen LogP contribution < -0.4 is 0 Å². The zero-order chi connectivity index (χ0) is 21.1. The average molecular weight is 406 g/mol. The smallest absolute Gasteiger partial charge is 0.166 e. The number of aryl methyl sites for hydroxylation is 2. The van der Waals surface area contributed by atoms with Crippen LogP contribution in [0.5, 0.6) is 0 Å². The van der Waals surface area contributed by atoms with Crippen LogP contribution >= 0.6 is 0 Å². The van der Waals surface area contributed by atoms with Crippen LogP contribution in [-0.2, 0) is 19.4 Å². The van der Waals surface area contributed by atoms with Gasteiger partial charge in [-0.3, -0.25) is 4.40 Å². The van der Waals surface area contributed by atoms with Gasteiger partial charge in [0.25, 0.3) is 0 Å². The van der Waals surface area contributed by atoms with Gasteiger partial charge in [-0.1, -0.05) is 44.2 Å². The van der Waals surface area contributed by atoms with Gasteiger partial charge >= 0.3 is 0 Å². The van der Waals surface area contributed by atoms with E-state index in [1.54, 1.807) is 9.08 Å². The average Bonchev–Trinajstić information content (AvgIpc) is 3.36. The Balaban J connectivity index is 1.67. The molecule has 30 heavy (non-hydrogen) atoms. The summed E-state index contributed by atoms with van der Waals surface area (Å²) in [4.78, 5) is 4.74. The molecule has 0 amide bonds. The molecule has 0 aliphatic rings. The van der Waals surface area contributed by atoms with Crippen molar-refractivity contribution in [1.82, 2.24) is 29.4 Å². The van der Waals surface area contributed by atoms with Gasteiger partial charge in [0.15, 0.2) is 23.1 Å². The second kappa shape index (κ2) is 8.73. The number of hydrogen-bond acceptors (Lipinski definition) is 6. The molecule has 0 saturated heterocycles. The maximum Gasteiger partial charge on any atom is 0.166 e.